The summed E-state index contributed by atoms with van der Waals surface area (Å²) < 4.78 is 0. The molecular weight excluding hydrogens is 380 g/mol. The van der Waals surface area contributed by atoms with Gasteiger partial charge in [-0.2, -0.15) is 0 Å². The predicted octanol–water partition coefficient (Wildman–Crippen LogP) is 3.25. The molecule has 1 aliphatic rings. The molecule has 3 aromatic rings. The molecule has 1 aromatic heterocycles. The number of anilines is 2. The Morgan fingerprint density at radius 1 is 1.13 bits per heavy atom. The van der Waals surface area contributed by atoms with Gasteiger partial charge in [-0.05, 0) is 36.4 Å². The second-order valence-electron chi connectivity index (χ2n) is 7.63. The molecule has 7 heteroatoms. The zero-order valence-electron chi connectivity index (χ0n) is 17.0. The topological polar surface area (TPSA) is 85.8 Å². The Kier molecular flexibility index (Phi) is 5.27. The first-order valence-corrected chi connectivity index (χ1v) is 9.91. The number of amides is 2. The second kappa shape index (κ2) is 8.02. The number of aromatic nitrogens is 1. The van der Waals surface area contributed by atoms with E-state index in [0.29, 0.717) is 24.0 Å². The summed E-state index contributed by atoms with van der Waals surface area (Å²) in [6.07, 6.45) is 2.91. The zero-order valence-corrected chi connectivity index (χ0v) is 17.0. The second-order valence-corrected chi connectivity index (χ2v) is 7.63. The number of hydrogen-bond donors (Lipinski definition) is 2. The SMILES string of the molecule is CN(C)c1ccc(NC(=O)C2CCCN2C(=O)c2ccc3ccccc3c2O)cn1. The molecule has 2 N–H and O–H groups in total. The molecule has 7 nitrogen and oxygen atoms in total. The first-order valence-electron chi connectivity index (χ1n) is 9.91. The van der Waals surface area contributed by atoms with Crippen LogP contribution in [0, 0.1) is 0 Å². The minimum absolute atomic E-state index is 0.0485. The lowest BCUT2D eigenvalue weighted by atomic mass is 10.0. The number of carbonyl (C=O) groups is 2. The molecule has 1 atom stereocenters. The summed E-state index contributed by atoms with van der Waals surface area (Å²) in [6.45, 7) is 0.473. The molecule has 0 spiro atoms. The van der Waals surface area contributed by atoms with E-state index in [1.807, 2.05) is 49.3 Å². The van der Waals surface area contributed by atoms with Crippen LogP contribution in [0.25, 0.3) is 10.8 Å². The van der Waals surface area contributed by atoms with Crippen LogP contribution < -0.4 is 10.2 Å². The van der Waals surface area contributed by atoms with E-state index < -0.39 is 6.04 Å². The van der Waals surface area contributed by atoms with Crippen molar-refractivity contribution >= 4 is 34.1 Å². The monoisotopic (exact) mass is 404 g/mol. The Morgan fingerprint density at radius 2 is 1.93 bits per heavy atom. The summed E-state index contributed by atoms with van der Waals surface area (Å²) in [5.41, 5.74) is 0.795. The minimum atomic E-state index is -0.586. The molecule has 2 amide bonds. The van der Waals surface area contributed by atoms with Crippen LogP contribution >= 0.6 is 0 Å². The summed E-state index contributed by atoms with van der Waals surface area (Å²) in [6, 6.07) is 13.8. The maximum absolute atomic E-state index is 13.2. The Balaban J connectivity index is 1.53. The molecule has 0 aliphatic carbocycles. The summed E-state index contributed by atoms with van der Waals surface area (Å²) >= 11 is 0. The maximum Gasteiger partial charge on any atom is 0.258 e. The smallest absolute Gasteiger partial charge is 0.258 e. The Labute approximate surface area is 174 Å². The molecule has 0 bridgehead atoms. The third kappa shape index (κ3) is 3.66. The highest BCUT2D eigenvalue weighted by Gasteiger charge is 2.35. The van der Waals surface area contributed by atoms with Crippen molar-refractivity contribution in [3.8, 4) is 5.75 Å². The molecule has 0 radical (unpaired) electrons. The van der Waals surface area contributed by atoms with E-state index in [2.05, 4.69) is 10.3 Å². The van der Waals surface area contributed by atoms with Crippen molar-refractivity contribution in [2.45, 2.75) is 18.9 Å². The quantitative estimate of drug-likeness (QED) is 0.697. The lowest BCUT2D eigenvalue weighted by Crippen LogP contribution is -2.43. The van der Waals surface area contributed by atoms with Gasteiger partial charge in [0.25, 0.3) is 5.91 Å². The van der Waals surface area contributed by atoms with E-state index in [1.165, 1.54) is 0 Å². The number of phenols is 1. The molecular formula is C23H24N4O3. The van der Waals surface area contributed by atoms with Gasteiger partial charge < -0.3 is 20.2 Å². The first-order chi connectivity index (χ1) is 14.5. The van der Waals surface area contributed by atoms with E-state index in [1.54, 1.807) is 29.3 Å². The third-order valence-corrected chi connectivity index (χ3v) is 5.42. The number of rotatable bonds is 4. The van der Waals surface area contributed by atoms with Crippen LogP contribution in [0.4, 0.5) is 11.5 Å². The van der Waals surface area contributed by atoms with E-state index in [-0.39, 0.29) is 23.1 Å². The van der Waals surface area contributed by atoms with Gasteiger partial charge in [-0.15, -0.1) is 0 Å². The number of benzene rings is 2. The summed E-state index contributed by atoms with van der Waals surface area (Å²) in [4.78, 5) is 33.8. The molecule has 30 heavy (non-hydrogen) atoms. The number of pyridine rings is 1. The van der Waals surface area contributed by atoms with E-state index in [0.717, 1.165) is 17.6 Å². The van der Waals surface area contributed by atoms with Crippen LogP contribution in [0.2, 0.25) is 0 Å². The lowest BCUT2D eigenvalue weighted by Gasteiger charge is -2.24. The highest BCUT2D eigenvalue weighted by molar-refractivity contribution is 6.06. The van der Waals surface area contributed by atoms with Crippen LogP contribution in [0.3, 0.4) is 0 Å². The van der Waals surface area contributed by atoms with Crippen LogP contribution in [0.15, 0.2) is 54.7 Å². The van der Waals surface area contributed by atoms with Crippen molar-refractivity contribution in [3.05, 3.63) is 60.3 Å². The van der Waals surface area contributed by atoms with E-state index >= 15 is 0 Å². The fourth-order valence-electron chi connectivity index (χ4n) is 3.81. The van der Waals surface area contributed by atoms with Crippen LogP contribution in [-0.2, 0) is 4.79 Å². The average molecular weight is 404 g/mol. The number of aromatic hydroxyl groups is 1. The fourth-order valence-corrected chi connectivity index (χ4v) is 3.81. The third-order valence-electron chi connectivity index (χ3n) is 5.42. The Morgan fingerprint density at radius 3 is 2.67 bits per heavy atom. The predicted molar refractivity (Wildman–Crippen MR) is 117 cm³/mol. The van der Waals surface area contributed by atoms with Gasteiger partial charge in [-0.3, -0.25) is 9.59 Å². The van der Waals surface area contributed by atoms with E-state index in [4.69, 9.17) is 0 Å². The van der Waals surface area contributed by atoms with Crippen LogP contribution in [-0.4, -0.2) is 53.5 Å². The highest BCUT2D eigenvalue weighted by Crippen LogP contribution is 2.31. The summed E-state index contributed by atoms with van der Waals surface area (Å²) in [5, 5.41) is 15.0. The highest BCUT2D eigenvalue weighted by atomic mass is 16.3. The molecule has 1 fully saturated rings. The van der Waals surface area contributed by atoms with Crippen molar-refractivity contribution in [3.63, 3.8) is 0 Å². The van der Waals surface area contributed by atoms with Crippen molar-refractivity contribution in [1.82, 2.24) is 9.88 Å². The van der Waals surface area contributed by atoms with Crippen LogP contribution in [0.1, 0.15) is 23.2 Å². The molecule has 0 saturated carbocycles. The number of nitrogens with zero attached hydrogens (tertiary/aromatic N) is 3. The fraction of sp³-hybridized carbons (Fsp3) is 0.261. The Hall–Kier alpha value is -3.61. The number of fused-ring (bicyclic) bond motifs is 1. The van der Waals surface area contributed by atoms with Gasteiger partial charge in [0.05, 0.1) is 17.4 Å². The van der Waals surface area contributed by atoms with Crippen molar-refractivity contribution in [2.24, 2.45) is 0 Å². The standard InChI is InChI=1S/C23H24N4O3/c1-26(2)20-12-10-16(14-24-20)25-22(29)19-8-5-13-27(19)23(30)18-11-9-15-6-3-4-7-17(15)21(18)28/h3-4,6-7,9-12,14,19,28H,5,8,13H2,1-2H3,(H,25,29). The first kappa shape index (κ1) is 19.7. The van der Waals surface area contributed by atoms with E-state index in [9.17, 15) is 14.7 Å². The van der Waals surface area contributed by atoms with Crippen molar-refractivity contribution in [2.75, 3.05) is 30.9 Å². The summed E-state index contributed by atoms with van der Waals surface area (Å²) in [5.74, 6) is 0.155. The number of phenolic OH excluding ortho intramolecular Hbond substituents is 1. The molecule has 2 aromatic carbocycles. The lowest BCUT2D eigenvalue weighted by molar-refractivity contribution is -0.119. The molecule has 1 aliphatic heterocycles. The molecule has 1 saturated heterocycles. The minimum Gasteiger partial charge on any atom is -0.506 e. The molecule has 4 rings (SSSR count). The van der Waals surface area contributed by atoms with Gasteiger partial charge in [0.15, 0.2) is 0 Å². The van der Waals surface area contributed by atoms with Crippen molar-refractivity contribution < 1.29 is 14.7 Å². The van der Waals surface area contributed by atoms with Crippen molar-refractivity contribution in [1.29, 1.82) is 0 Å². The van der Waals surface area contributed by atoms with Gasteiger partial charge in [-0.1, -0.05) is 30.3 Å². The zero-order chi connectivity index (χ0) is 21.3. The Bertz CT molecular complexity index is 1100. The van der Waals surface area contributed by atoms with Gasteiger partial charge in [-0.25, -0.2) is 4.98 Å². The number of nitrogens with one attached hydrogen (secondary N) is 1. The largest absolute Gasteiger partial charge is 0.506 e. The molecule has 2 heterocycles. The normalized spacial score (nSPS) is 15.9. The average Bonchev–Trinajstić information content (AvgIpc) is 3.24. The van der Waals surface area contributed by atoms with Gasteiger partial charge in [0, 0.05) is 26.0 Å². The number of hydrogen-bond acceptors (Lipinski definition) is 5. The number of likely N-dealkylation sites (tertiary alicyclic amines) is 1. The number of carbonyl (C=O) groups excluding carboxylic acids is 2. The van der Waals surface area contributed by atoms with Gasteiger partial charge in [0.2, 0.25) is 5.91 Å². The maximum atomic E-state index is 13.2. The van der Waals surface area contributed by atoms with Gasteiger partial charge in [0.1, 0.15) is 17.6 Å². The van der Waals surface area contributed by atoms with Gasteiger partial charge >= 0.3 is 0 Å². The van der Waals surface area contributed by atoms with Crippen LogP contribution in [0.5, 0.6) is 5.75 Å². The molecule has 154 valence electrons. The molecule has 1 unspecified atom stereocenters. The summed E-state index contributed by atoms with van der Waals surface area (Å²) in [7, 11) is 3.79.